The molecule has 5 nitrogen and oxygen atoms in total. The first-order valence-corrected chi connectivity index (χ1v) is 6.85. The van der Waals surface area contributed by atoms with Crippen LogP contribution >= 0.6 is 23.2 Å². The van der Waals surface area contributed by atoms with Crippen LogP contribution in [-0.4, -0.2) is 22.5 Å². The van der Waals surface area contributed by atoms with Gasteiger partial charge >= 0.3 is 0 Å². The normalized spacial score (nSPS) is 12.0. The van der Waals surface area contributed by atoms with Gasteiger partial charge in [0.15, 0.2) is 0 Å². The zero-order valence-corrected chi connectivity index (χ0v) is 12.4. The van der Waals surface area contributed by atoms with E-state index < -0.39 is 12.0 Å². The Bertz CT molecular complexity index is 664. The Balaban J connectivity index is 2.05. The van der Waals surface area contributed by atoms with E-state index in [9.17, 15) is 9.90 Å². The molecule has 1 heterocycles. The molecule has 4 N–H and O–H groups in total. The van der Waals surface area contributed by atoms with E-state index in [1.165, 1.54) is 18.3 Å². The number of pyridine rings is 1. The van der Waals surface area contributed by atoms with Gasteiger partial charge in [0.25, 0.3) is 0 Å². The van der Waals surface area contributed by atoms with Gasteiger partial charge in [-0.1, -0.05) is 29.3 Å². The Labute approximate surface area is 131 Å². The zero-order chi connectivity index (χ0) is 15.4. The Morgan fingerprint density at radius 2 is 2.10 bits per heavy atom. The van der Waals surface area contributed by atoms with E-state index in [1.54, 1.807) is 18.2 Å². The number of hydrogen-bond acceptors (Lipinski definition) is 4. The van der Waals surface area contributed by atoms with Crippen LogP contribution in [-0.2, 0) is 0 Å². The van der Waals surface area contributed by atoms with Crippen LogP contribution in [0.1, 0.15) is 22.0 Å². The third-order valence-corrected chi connectivity index (χ3v) is 3.40. The summed E-state index contributed by atoms with van der Waals surface area (Å²) in [6.45, 7) is 0.177. The van der Waals surface area contributed by atoms with Gasteiger partial charge in [0.2, 0.25) is 5.91 Å². The second-order valence-electron chi connectivity index (χ2n) is 4.36. The van der Waals surface area contributed by atoms with Crippen molar-refractivity contribution in [3.05, 3.63) is 57.7 Å². The van der Waals surface area contributed by atoms with Crippen molar-refractivity contribution in [2.75, 3.05) is 11.9 Å². The third kappa shape index (κ3) is 4.07. The first kappa shape index (κ1) is 15.6. The van der Waals surface area contributed by atoms with Crippen LogP contribution in [0.2, 0.25) is 10.0 Å². The molecule has 0 saturated carbocycles. The van der Waals surface area contributed by atoms with E-state index in [-0.39, 0.29) is 6.54 Å². The number of benzene rings is 1. The number of hydrogen-bond donors (Lipinski definition) is 3. The molecular weight excluding hydrogens is 313 g/mol. The molecule has 1 aromatic heterocycles. The summed E-state index contributed by atoms with van der Waals surface area (Å²) in [5.74, 6) is -0.0998. The van der Waals surface area contributed by atoms with Gasteiger partial charge in [-0.15, -0.1) is 0 Å². The quantitative estimate of drug-likeness (QED) is 0.788. The van der Waals surface area contributed by atoms with Crippen molar-refractivity contribution in [2.24, 2.45) is 5.73 Å². The van der Waals surface area contributed by atoms with E-state index in [0.717, 1.165) is 0 Å². The summed E-state index contributed by atoms with van der Waals surface area (Å²) >= 11 is 11.8. The van der Waals surface area contributed by atoms with Crippen LogP contribution in [0, 0.1) is 0 Å². The molecule has 0 spiro atoms. The highest BCUT2D eigenvalue weighted by molar-refractivity contribution is 6.35. The molecule has 1 unspecified atom stereocenters. The lowest BCUT2D eigenvalue weighted by atomic mass is 10.1. The van der Waals surface area contributed by atoms with E-state index in [4.69, 9.17) is 28.9 Å². The molecule has 0 fully saturated rings. The van der Waals surface area contributed by atoms with Gasteiger partial charge in [0, 0.05) is 33.9 Å². The lowest BCUT2D eigenvalue weighted by Crippen LogP contribution is -2.15. The molecule has 0 radical (unpaired) electrons. The smallest absolute Gasteiger partial charge is 0.248 e. The van der Waals surface area contributed by atoms with E-state index >= 15 is 0 Å². The number of rotatable bonds is 5. The van der Waals surface area contributed by atoms with Crippen molar-refractivity contribution in [1.29, 1.82) is 0 Å². The molecule has 1 aromatic carbocycles. The number of carbonyl (C=O) groups is 1. The number of halogens is 2. The average Bonchev–Trinajstić information content (AvgIpc) is 2.45. The maximum atomic E-state index is 11.1. The predicted molar refractivity (Wildman–Crippen MR) is 82.7 cm³/mol. The van der Waals surface area contributed by atoms with Crippen LogP contribution in [0.25, 0.3) is 0 Å². The zero-order valence-electron chi connectivity index (χ0n) is 10.9. The molecule has 0 saturated heterocycles. The summed E-state index contributed by atoms with van der Waals surface area (Å²) in [5.41, 5.74) is 6.08. The van der Waals surface area contributed by atoms with Crippen LogP contribution in [0.15, 0.2) is 36.5 Å². The molecule has 2 rings (SSSR count). The number of amides is 1. The van der Waals surface area contributed by atoms with Crippen molar-refractivity contribution in [3.8, 4) is 0 Å². The largest absolute Gasteiger partial charge is 0.387 e. The topological polar surface area (TPSA) is 88.2 Å². The number of nitrogens with zero attached hydrogens (tertiary/aromatic N) is 1. The molecule has 21 heavy (non-hydrogen) atoms. The van der Waals surface area contributed by atoms with Gasteiger partial charge in [0.1, 0.15) is 5.82 Å². The van der Waals surface area contributed by atoms with Crippen LogP contribution in [0.3, 0.4) is 0 Å². The maximum Gasteiger partial charge on any atom is 0.248 e. The fourth-order valence-corrected chi connectivity index (χ4v) is 2.30. The number of carbonyl (C=O) groups excluding carboxylic acids is 1. The Hall–Kier alpha value is -1.82. The highest BCUT2D eigenvalue weighted by atomic mass is 35.5. The Kier molecular flexibility index (Phi) is 5.01. The average molecular weight is 326 g/mol. The molecule has 0 aliphatic carbocycles. The summed E-state index contributed by atoms with van der Waals surface area (Å²) in [5, 5.41) is 13.9. The van der Waals surface area contributed by atoms with E-state index in [0.29, 0.717) is 27.0 Å². The minimum absolute atomic E-state index is 0.177. The summed E-state index contributed by atoms with van der Waals surface area (Å²) in [6.07, 6.45) is 0.623. The SMILES string of the molecule is NC(=O)c1ccnc(NCC(O)c2ccc(Cl)cc2Cl)c1. The van der Waals surface area contributed by atoms with Crippen molar-refractivity contribution < 1.29 is 9.90 Å². The fourth-order valence-electron chi connectivity index (χ4n) is 1.76. The lowest BCUT2D eigenvalue weighted by molar-refractivity contribution is 0.1000. The maximum absolute atomic E-state index is 11.1. The van der Waals surface area contributed by atoms with Gasteiger partial charge in [-0.05, 0) is 24.3 Å². The van der Waals surface area contributed by atoms with Crippen molar-refractivity contribution in [2.45, 2.75) is 6.10 Å². The van der Waals surface area contributed by atoms with Gasteiger partial charge in [0.05, 0.1) is 6.10 Å². The summed E-state index contributed by atoms with van der Waals surface area (Å²) in [7, 11) is 0. The Morgan fingerprint density at radius 1 is 1.33 bits per heavy atom. The highest BCUT2D eigenvalue weighted by Gasteiger charge is 2.12. The minimum atomic E-state index is -0.839. The van der Waals surface area contributed by atoms with Crippen LogP contribution in [0.5, 0.6) is 0 Å². The lowest BCUT2D eigenvalue weighted by Gasteiger charge is -2.14. The van der Waals surface area contributed by atoms with Crippen molar-refractivity contribution in [1.82, 2.24) is 4.98 Å². The monoisotopic (exact) mass is 325 g/mol. The number of anilines is 1. The second kappa shape index (κ2) is 6.76. The number of nitrogens with two attached hydrogens (primary N) is 1. The number of nitrogens with one attached hydrogen (secondary N) is 1. The molecule has 0 bridgehead atoms. The molecule has 1 amide bonds. The molecule has 0 aliphatic heterocycles. The number of aliphatic hydroxyl groups excluding tert-OH is 1. The second-order valence-corrected chi connectivity index (χ2v) is 5.20. The van der Waals surface area contributed by atoms with Crippen LogP contribution in [0.4, 0.5) is 5.82 Å². The number of aromatic nitrogens is 1. The standard InChI is InChI=1S/C14H13Cl2N3O2/c15-9-1-2-10(11(16)6-9)12(20)7-19-13-5-8(14(17)21)3-4-18-13/h1-6,12,20H,7H2,(H2,17,21)(H,18,19). The molecule has 7 heteroatoms. The molecule has 2 aromatic rings. The van der Waals surface area contributed by atoms with Gasteiger partial charge in [-0.25, -0.2) is 4.98 Å². The first-order valence-electron chi connectivity index (χ1n) is 6.10. The Morgan fingerprint density at radius 3 is 2.76 bits per heavy atom. The van der Waals surface area contributed by atoms with Crippen molar-refractivity contribution in [3.63, 3.8) is 0 Å². The molecular formula is C14H13Cl2N3O2. The van der Waals surface area contributed by atoms with E-state index in [1.807, 2.05) is 0 Å². The van der Waals surface area contributed by atoms with E-state index in [2.05, 4.69) is 10.3 Å². The summed E-state index contributed by atoms with van der Waals surface area (Å²) < 4.78 is 0. The van der Waals surface area contributed by atoms with Crippen molar-refractivity contribution >= 4 is 34.9 Å². The number of primary amides is 1. The van der Waals surface area contributed by atoms with Crippen LogP contribution < -0.4 is 11.1 Å². The third-order valence-electron chi connectivity index (χ3n) is 2.84. The predicted octanol–water partition coefficient (Wildman–Crippen LogP) is 2.63. The molecule has 110 valence electrons. The summed E-state index contributed by atoms with van der Waals surface area (Å²) in [4.78, 5) is 15.1. The molecule has 0 aliphatic rings. The highest BCUT2D eigenvalue weighted by Crippen LogP contribution is 2.26. The fraction of sp³-hybridized carbons (Fsp3) is 0.143. The first-order chi connectivity index (χ1) is 9.97. The van der Waals surface area contributed by atoms with Gasteiger partial charge in [-0.2, -0.15) is 0 Å². The minimum Gasteiger partial charge on any atom is -0.387 e. The summed E-state index contributed by atoms with van der Waals surface area (Å²) in [6, 6.07) is 7.90. The van der Waals surface area contributed by atoms with Gasteiger partial charge < -0.3 is 16.2 Å². The molecule has 1 atom stereocenters. The number of aliphatic hydroxyl groups is 1. The van der Waals surface area contributed by atoms with Gasteiger partial charge in [-0.3, -0.25) is 4.79 Å².